The van der Waals surface area contributed by atoms with Crippen molar-refractivity contribution in [3.8, 4) is 0 Å². The number of hydrogen-bond acceptors (Lipinski definition) is 3. The van der Waals surface area contributed by atoms with Crippen molar-refractivity contribution in [1.82, 2.24) is 15.2 Å². The molecule has 1 aromatic rings. The lowest BCUT2D eigenvalue weighted by molar-refractivity contribution is 0.0645. The predicted octanol–water partition coefficient (Wildman–Crippen LogP) is 1.99. The van der Waals surface area contributed by atoms with Crippen molar-refractivity contribution in [2.24, 2.45) is 5.92 Å². The van der Waals surface area contributed by atoms with E-state index in [4.69, 9.17) is 0 Å². The Kier molecular flexibility index (Phi) is 4.01. The Morgan fingerprint density at radius 2 is 2.25 bits per heavy atom. The van der Waals surface area contributed by atoms with Crippen molar-refractivity contribution < 1.29 is 4.79 Å². The molecule has 2 unspecified atom stereocenters. The molecule has 2 saturated heterocycles. The van der Waals surface area contributed by atoms with Gasteiger partial charge in [-0.05, 0) is 57.2 Å². The standard InChI is InChI=1S/C16H23N3O/c1-12-5-2-7-15(18-12)16(20)19-10-4-6-13(11-19)14-8-3-9-17-14/h2,5,7,13-14,17H,3-4,6,8-11H2,1H3. The van der Waals surface area contributed by atoms with Crippen LogP contribution in [-0.2, 0) is 0 Å². The molecule has 0 aliphatic carbocycles. The molecule has 1 N–H and O–H groups in total. The highest BCUT2D eigenvalue weighted by molar-refractivity contribution is 5.92. The number of nitrogens with zero attached hydrogens (tertiary/aromatic N) is 2. The van der Waals surface area contributed by atoms with Crippen molar-refractivity contribution in [2.45, 2.75) is 38.6 Å². The van der Waals surface area contributed by atoms with Gasteiger partial charge in [0.1, 0.15) is 5.69 Å². The highest BCUT2D eigenvalue weighted by Crippen LogP contribution is 2.25. The van der Waals surface area contributed by atoms with E-state index in [1.54, 1.807) is 0 Å². The molecule has 2 aliphatic rings. The first-order valence-corrected chi connectivity index (χ1v) is 7.70. The fourth-order valence-corrected chi connectivity index (χ4v) is 3.46. The Hall–Kier alpha value is -1.42. The molecule has 2 atom stereocenters. The molecule has 1 amide bonds. The van der Waals surface area contributed by atoms with Gasteiger partial charge in [0, 0.05) is 24.8 Å². The van der Waals surface area contributed by atoms with Gasteiger partial charge in [-0.1, -0.05) is 6.07 Å². The van der Waals surface area contributed by atoms with Gasteiger partial charge in [-0.2, -0.15) is 0 Å². The van der Waals surface area contributed by atoms with E-state index in [9.17, 15) is 4.79 Å². The Morgan fingerprint density at radius 3 is 3.00 bits per heavy atom. The summed E-state index contributed by atoms with van der Waals surface area (Å²) in [5, 5.41) is 3.58. The van der Waals surface area contributed by atoms with Gasteiger partial charge in [-0.15, -0.1) is 0 Å². The van der Waals surface area contributed by atoms with Crippen molar-refractivity contribution >= 4 is 5.91 Å². The molecule has 2 aliphatic heterocycles. The lowest BCUT2D eigenvalue weighted by Gasteiger charge is -2.35. The summed E-state index contributed by atoms with van der Waals surface area (Å²) < 4.78 is 0. The number of aromatic nitrogens is 1. The number of carbonyl (C=O) groups is 1. The van der Waals surface area contributed by atoms with Crippen LogP contribution in [0.25, 0.3) is 0 Å². The van der Waals surface area contributed by atoms with Crippen LogP contribution < -0.4 is 5.32 Å². The normalized spacial score (nSPS) is 26.8. The van der Waals surface area contributed by atoms with Crippen LogP contribution in [0.3, 0.4) is 0 Å². The average Bonchev–Trinajstić information content (AvgIpc) is 3.01. The fourth-order valence-electron chi connectivity index (χ4n) is 3.46. The molecule has 0 radical (unpaired) electrons. The van der Waals surface area contributed by atoms with Gasteiger partial charge in [0.05, 0.1) is 0 Å². The van der Waals surface area contributed by atoms with Crippen molar-refractivity contribution in [3.05, 3.63) is 29.6 Å². The zero-order valence-corrected chi connectivity index (χ0v) is 12.1. The average molecular weight is 273 g/mol. The number of pyridine rings is 1. The Labute approximate surface area is 120 Å². The Bertz CT molecular complexity index is 482. The molecule has 4 nitrogen and oxygen atoms in total. The van der Waals surface area contributed by atoms with Crippen LogP contribution >= 0.6 is 0 Å². The largest absolute Gasteiger partial charge is 0.337 e. The van der Waals surface area contributed by atoms with E-state index >= 15 is 0 Å². The monoisotopic (exact) mass is 273 g/mol. The topological polar surface area (TPSA) is 45.2 Å². The quantitative estimate of drug-likeness (QED) is 0.896. The third-order valence-electron chi connectivity index (χ3n) is 4.52. The van der Waals surface area contributed by atoms with Crippen LogP contribution in [-0.4, -0.2) is 41.5 Å². The Morgan fingerprint density at radius 1 is 1.35 bits per heavy atom. The number of nitrogens with one attached hydrogen (secondary N) is 1. The van der Waals surface area contributed by atoms with E-state index in [1.807, 2.05) is 30.0 Å². The number of carbonyl (C=O) groups excluding carboxylic acids is 1. The summed E-state index contributed by atoms with van der Waals surface area (Å²) in [6.45, 7) is 4.82. The van der Waals surface area contributed by atoms with E-state index < -0.39 is 0 Å². The van der Waals surface area contributed by atoms with Crippen LogP contribution in [0.15, 0.2) is 18.2 Å². The van der Waals surface area contributed by atoms with E-state index in [-0.39, 0.29) is 5.91 Å². The molecule has 2 fully saturated rings. The molecule has 0 bridgehead atoms. The van der Waals surface area contributed by atoms with Crippen molar-refractivity contribution in [3.63, 3.8) is 0 Å². The maximum atomic E-state index is 12.6. The third kappa shape index (κ3) is 2.85. The summed E-state index contributed by atoms with van der Waals surface area (Å²) in [7, 11) is 0. The smallest absolute Gasteiger partial charge is 0.272 e. The molecule has 4 heteroatoms. The van der Waals surface area contributed by atoms with Crippen LogP contribution in [0.1, 0.15) is 41.9 Å². The van der Waals surface area contributed by atoms with Crippen LogP contribution in [0, 0.1) is 12.8 Å². The molecule has 20 heavy (non-hydrogen) atoms. The molecule has 0 spiro atoms. The van der Waals surface area contributed by atoms with Gasteiger partial charge in [0.15, 0.2) is 0 Å². The molecule has 0 saturated carbocycles. The van der Waals surface area contributed by atoms with Crippen LogP contribution in [0.5, 0.6) is 0 Å². The minimum absolute atomic E-state index is 0.0939. The van der Waals surface area contributed by atoms with Crippen molar-refractivity contribution in [1.29, 1.82) is 0 Å². The van der Waals surface area contributed by atoms with Crippen molar-refractivity contribution in [2.75, 3.05) is 19.6 Å². The molecule has 1 aromatic heterocycles. The number of aryl methyl sites for hydroxylation is 1. The molecule has 3 rings (SSSR count). The van der Waals surface area contributed by atoms with Crippen LogP contribution in [0.2, 0.25) is 0 Å². The molecule has 3 heterocycles. The van der Waals surface area contributed by atoms with E-state index in [1.165, 1.54) is 19.3 Å². The summed E-state index contributed by atoms with van der Waals surface area (Å²) in [5.74, 6) is 0.705. The van der Waals surface area contributed by atoms with Gasteiger partial charge >= 0.3 is 0 Å². The number of amides is 1. The van der Waals surface area contributed by atoms with Gasteiger partial charge in [-0.3, -0.25) is 4.79 Å². The lowest BCUT2D eigenvalue weighted by atomic mass is 9.89. The van der Waals surface area contributed by atoms with E-state index in [2.05, 4.69) is 10.3 Å². The number of piperidine rings is 1. The second kappa shape index (κ2) is 5.92. The van der Waals surface area contributed by atoms with Gasteiger partial charge in [0.2, 0.25) is 0 Å². The van der Waals surface area contributed by atoms with Crippen LogP contribution in [0.4, 0.5) is 0 Å². The number of hydrogen-bond donors (Lipinski definition) is 1. The first-order chi connectivity index (χ1) is 9.74. The zero-order valence-electron chi connectivity index (χ0n) is 12.1. The summed E-state index contributed by atoms with van der Waals surface area (Å²) in [6, 6.07) is 6.27. The summed E-state index contributed by atoms with van der Waals surface area (Å²) >= 11 is 0. The number of rotatable bonds is 2. The van der Waals surface area contributed by atoms with E-state index in [0.717, 1.165) is 31.7 Å². The van der Waals surface area contributed by atoms with Gasteiger partial charge < -0.3 is 10.2 Å². The minimum Gasteiger partial charge on any atom is -0.337 e. The maximum absolute atomic E-state index is 12.6. The summed E-state index contributed by atoms with van der Waals surface area (Å²) in [4.78, 5) is 18.9. The van der Waals surface area contributed by atoms with Gasteiger partial charge in [-0.25, -0.2) is 4.98 Å². The summed E-state index contributed by atoms with van der Waals surface area (Å²) in [6.07, 6.45) is 4.88. The highest BCUT2D eigenvalue weighted by atomic mass is 16.2. The predicted molar refractivity (Wildman–Crippen MR) is 78.6 cm³/mol. The highest BCUT2D eigenvalue weighted by Gasteiger charge is 2.31. The fraction of sp³-hybridized carbons (Fsp3) is 0.625. The SMILES string of the molecule is Cc1cccc(C(=O)N2CCCC(C3CCCN3)C2)n1. The zero-order chi connectivity index (χ0) is 13.9. The molecule has 0 aromatic carbocycles. The minimum atomic E-state index is 0.0939. The first kappa shape index (κ1) is 13.6. The first-order valence-electron chi connectivity index (χ1n) is 7.70. The summed E-state index contributed by atoms with van der Waals surface area (Å²) in [5.41, 5.74) is 1.49. The van der Waals surface area contributed by atoms with Gasteiger partial charge in [0.25, 0.3) is 5.91 Å². The lowest BCUT2D eigenvalue weighted by Crippen LogP contribution is -2.46. The second-order valence-corrected chi connectivity index (χ2v) is 6.02. The van der Waals surface area contributed by atoms with E-state index in [0.29, 0.717) is 17.7 Å². The molecular weight excluding hydrogens is 250 g/mol. The second-order valence-electron chi connectivity index (χ2n) is 6.02. The maximum Gasteiger partial charge on any atom is 0.272 e. The number of likely N-dealkylation sites (tertiary alicyclic amines) is 1. The molecule has 108 valence electrons. The molecular formula is C16H23N3O. The Balaban J connectivity index is 1.68. The third-order valence-corrected chi connectivity index (χ3v) is 4.52.